The second kappa shape index (κ2) is 16.7. The van der Waals surface area contributed by atoms with Crippen molar-refractivity contribution in [2.75, 3.05) is 19.8 Å². The monoisotopic (exact) mass is 722 g/mol. The van der Waals surface area contributed by atoms with Crippen molar-refractivity contribution >= 4 is 11.9 Å². The molecule has 0 aromatic heterocycles. The predicted octanol–water partition coefficient (Wildman–Crippen LogP) is -9.09. The molecule has 4 heterocycles. The molecule has 0 aromatic carbocycles. The summed E-state index contributed by atoms with van der Waals surface area (Å²) in [5.41, 5.74) is 0. The van der Waals surface area contributed by atoms with Crippen LogP contribution >= 0.6 is 0 Å². The predicted molar refractivity (Wildman–Crippen MR) is 144 cm³/mol. The third-order valence-electron chi connectivity index (χ3n) is 8.44. The average Bonchev–Trinajstić information content (AvgIpc) is 3.06. The van der Waals surface area contributed by atoms with Gasteiger partial charge in [0.15, 0.2) is 31.3 Å². The number of rotatable bonds is 11. The topological polar surface area (TPSA) is 371 Å². The molecule has 0 radical (unpaired) electrons. The van der Waals surface area contributed by atoms with Crippen molar-refractivity contribution in [3.63, 3.8) is 0 Å². The Balaban J connectivity index is 1.62. The van der Waals surface area contributed by atoms with Gasteiger partial charge >= 0.3 is 11.9 Å². The second-order valence-corrected chi connectivity index (χ2v) is 11.8. The zero-order valence-electron chi connectivity index (χ0n) is 25.6. The molecule has 0 spiro atoms. The van der Waals surface area contributed by atoms with Gasteiger partial charge in [0.1, 0.15) is 98.2 Å². The number of ether oxygens (including phenoxy) is 8. The number of esters is 1. The Morgan fingerprint density at radius 2 is 1.08 bits per heavy atom. The number of carbonyl (C=O) groups is 2. The van der Waals surface area contributed by atoms with Gasteiger partial charge in [-0.05, 0) is 0 Å². The van der Waals surface area contributed by atoms with Gasteiger partial charge in [-0.3, -0.25) is 4.79 Å². The SMILES string of the molecule is CC(=O)OC[C@H]1O[C@H](O[C@@H]2[C@@H](O)[C@H](O[C@H]3[C@H](O)[C@@H](O)C(O)O[C@@H]3CO)O[C@H](CO)[C@H]2O)[C@@H](O[C@@H]2O[C@H](C(=O)O)[C@@H](O)[C@H](O)[C@H]2O)[C@@H](O)[C@@H]1O. The summed E-state index contributed by atoms with van der Waals surface area (Å²) in [4.78, 5) is 23.0. The minimum atomic E-state index is -2.16. The van der Waals surface area contributed by atoms with Crippen molar-refractivity contribution in [1.82, 2.24) is 0 Å². The summed E-state index contributed by atoms with van der Waals surface area (Å²) in [6, 6.07) is 0. The highest BCUT2D eigenvalue weighted by molar-refractivity contribution is 5.73. The van der Waals surface area contributed by atoms with Gasteiger partial charge in [-0.25, -0.2) is 4.79 Å². The van der Waals surface area contributed by atoms with Crippen molar-refractivity contribution in [3.8, 4) is 0 Å². The fraction of sp³-hybridized carbons (Fsp3) is 0.923. The van der Waals surface area contributed by atoms with Gasteiger partial charge in [0.25, 0.3) is 0 Å². The van der Waals surface area contributed by atoms with E-state index in [4.69, 9.17) is 37.9 Å². The molecule has 0 aromatic rings. The fourth-order valence-electron chi connectivity index (χ4n) is 5.69. The van der Waals surface area contributed by atoms with Gasteiger partial charge in [-0.2, -0.15) is 0 Å². The molecule has 49 heavy (non-hydrogen) atoms. The molecule has 4 aliphatic rings. The maximum atomic E-state index is 11.6. The summed E-state index contributed by atoms with van der Waals surface area (Å²) in [6.45, 7) is -1.51. The molecule has 0 aliphatic carbocycles. The first-order chi connectivity index (χ1) is 23.0. The van der Waals surface area contributed by atoms with Crippen LogP contribution in [0.1, 0.15) is 6.92 Å². The van der Waals surface area contributed by atoms with E-state index in [2.05, 4.69) is 0 Å². The average molecular weight is 723 g/mol. The maximum Gasteiger partial charge on any atom is 0.335 e. The Morgan fingerprint density at radius 1 is 0.531 bits per heavy atom. The summed E-state index contributed by atoms with van der Waals surface area (Å²) < 4.78 is 42.8. The standard InChI is InChI=1S/C26H42O23/c1-5(29)42-4-8-9(30)12(33)21(49-24-16(37)11(32)13(34)20(48-24)22(39)40)26(45-8)47-19-10(31)6(2-27)44-25(17(19)38)46-18-7(3-28)43-23(41)15(36)14(18)35/h6-21,23-28,30-38,41H,2-4H2,1H3,(H,39,40)/t6-,7-,8-,9-,10-,11+,12+,13+,14-,15-,16-,17-,18-,19+,20+,21+,23?,24+,25+,26-/m1/s1. The number of aliphatic hydroxyl groups is 12. The maximum absolute atomic E-state index is 11.6. The van der Waals surface area contributed by atoms with Crippen molar-refractivity contribution in [2.24, 2.45) is 0 Å². The molecule has 284 valence electrons. The van der Waals surface area contributed by atoms with Crippen LogP contribution in [0, 0.1) is 0 Å². The lowest BCUT2D eigenvalue weighted by atomic mass is 9.95. The van der Waals surface area contributed by atoms with Crippen molar-refractivity contribution in [1.29, 1.82) is 0 Å². The molecule has 0 bridgehead atoms. The number of aliphatic hydroxyl groups excluding tert-OH is 12. The molecule has 4 saturated heterocycles. The van der Waals surface area contributed by atoms with Crippen molar-refractivity contribution < 1.29 is 114 Å². The third-order valence-corrected chi connectivity index (χ3v) is 8.44. The number of carbonyl (C=O) groups excluding carboxylic acids is 1. The number of aliphatic carboxylic acids is 1. The summed E-state index contributed by atoms with van der Waals surface area (Å²) in [7, 11) is 0. The van der Waals surface area contributed by atoms with Crippen LogP contribution in [0.3, 0.4) is 0 Å². The van der Waals surface area contributed by atoms with E-state index in [1.54, 1.807) is 0 Å². The summed E-state index contributed by atoms with van der Waals surface area (Å²) in [5.74, 6) is -2.61. The molecule has 23 nitrogen and oxygen atoms in total. The minimum absolute atomic E-state index is 0.700. The molecule has 20 atom stereocenters. The van der Waals surface area contributed by atoms with Crippen LogP contribution in [0.2, 0.25) is 0 Å². The van der Waals surface area contributed by atoms with Crippen molar-refractivity contribution in [2.45, 2.75) is 130 Å². The minimum Gasteiger partial charge on any atom is -0.479 e. The number of carboxylic acid groups (broad SMARTS) is 1. The van der Waals surface area contributed by atoms with E-state index in [0.29, 0.717) is 0 Å². The quantitative estimate of drug-likeness (QED) is 0.0880. The van der Waals surface area contributed by atoms with Crippen LogP contribution in [0.15, 0.2) is 0 Å². The Kier molecular flexibility index (Phi) is 13.6. The Labute approximate surface area is 275 Å². The molecule has 4 fully saturated rings. The van der Waals surface area contributed by atoms with Crippen LogP contribution in [-0.4, -0.2) is 221 Å². The number of carboxylic acids is 1. The van der Waals surface area contributed by atoms with E-state index < -0.39 is 155 Å². The first kappa shape index (κ1) is 40.0. The van der Waals surface area contributed by atoms with Gasteiger partial charge in [-0.1, -0.05) is 0 Å². The van der Waals surface area contributed by atoms with E-state index in [0.717, 1.165) is 6.92 Å². The highest BCUT2D eigenvalue weighted by Crippen LogP contribution is 2.34. The summed E-state index contributed by atoms with van der Waals surface area (Å²) >= 11 is 0. The summed E-state index contributed by atoms with van der Waals surface area (Å²) in [5, 5.41) is 134. The Hall–Kier alpha value is -1.82. The molecule has 4 rings (SSSR count). The van der Waals surface area contributed by atoms with E-state index in [9.17, 15) is 76.0 Å². The molecular formula is C26H42O23. The van der Waals surface area contributed by atoms with Gasteiger partial charge in [-0.15, -0.1) is 0 Å². The van der Waals surface area contributed by atoms with Gasteiger partial charge < -0.3 is 104 Å². The molecule has 13 N–H and O–H groups in total. The molecule has 23 heteroatoms. The molecule has 4 aliphatic heterocycles. The van der Waals surface area contributed by atoms with Crippen LogP contribution in [0.5, 0.6) is 0 Å². The first-order valence-corrected chi connectivity index (χ1v) is 15.0. The van der Waals surface area contributed by atoms with E-state index in [-0.39, 0.29) is 0 Å². The Bertz CT molecular complexity index is 1100. The second-order valence-electron chi connectivity index (χ2n) is 11.8. The lowest BCUT2D eigenvalue weighted by molar-refractivity contribution is -0.394. The zero-order valence-corrected chi connectivity index (χ0v) is 25.6. The van der Waals surface area contributed by atoms with E-state index in [1.165, 1.54) is 0 Å². The van der Waals surface area contributed by atoms with Crippen molar-refractivity contribution in [3.05, 3.63) is 0 Å². The van der Waals surface area contributed by atoms with E-state index in [1.807, 2.05) is 0 Å². The van der Waals surface area contributed by atoms with Crippen LogP contribution in [0.25, 0.3) is 0 Å². The zero-order chi connectivity index (χ0) is 36.5. The first-order valence-electron chi connectivity index (χ1n) is 15.0. The fourth-order valence-corrected chi connectivity index (χ4v) is 5.69. The lowest BCUT2D eigenvalue weighted by Crippen LogP contribution is -2.68. The summed E-state index contributed by atoms with van der Waals surface area (Å²) in [6.07, 6.45) is -39.2. The number of hydrogen-bond acceptors (Lipinski definition) is 22. The largest absolute Gasteiger partial charge is 0.479 e. The smallest absolute Gasteiger partial charge is 0.335 e. The third kappa shape index (κ3) is 8.47. The number of hydrogen-bond donors (Lipinski definition) is 13. The normalized spacial score (nSPS) is 49.3. The van der Waals surface area contributed by atoms with Crippen LogP contribution < -0.4 is 0 Å². The van der Waals surface area contributed by atoms with Crippen LogP contribution in [-0.2, 0) is 47.5 Å². The molecule has 1 unspecified atom stereocenters. The molecule has 0 saturated carbocycles. The highest BCUT2D eigenvalue weighted by atomic mass is 16.8. The molecular weight excluding hydrogens is 680 g/mol. The Morgan fingerprint density at radius 3 is 1.67 bits per heavy atom. The van der Waals surface area contributed by atoms with Gasteiger partial charge in [0.05, 0.1) is 13.2 Å². The lowest BCUT2D eigenvalue weighted by Gasteiger charge is -2.49. The molecule has 0 amide bonds. The highest BCUT2D eigenvalue weighted by Gasteiger charge is 2.56. The van der Waals surface area contributed by atoms with Gasteiger partial charge in [0.2, 0.25) is 0 Å². The van der Waals surface area contributed by atoms with Gasteiger partial charge in [0, 0.05) is 6.92 Å². The van der Waals surface area contributed by atoms with Crippen LogP contribution in [0.4, 0.5) is 0 Å². The van der Waals surface area contributed by atoms with E-state index >= 15 is 0 Å².